The zero-order chi connectivity index (χ0) is 21.0. The minimum atomic E-state index is -0.459. The van der Waals surface area contributed by atoms with Crippen molar-refractivity contribution in [3.8, 4) is 0 Å². The Morgan fingerprint density at radius 1 is 1.28 bits per heavy atom. The third-order valence-electron chi connectivity index (χ3n) is 4.14. The van der Waals surface area contributed by atoms with Gasteiger partial charge in [-0.2, -0.15) is 5.10 Å². The van der Waals surface area contributed by atoms with Gasteiger partial charge in [-0.05, 0) is 41.1 Å². The maximum Gasteiger partial charge on any atom is 0.272 e. The Morgan fingerprint density at radius 3 is 2.62 bits per heavy atom. The first kappa shape index (κ1) is 21.1. The second-order valence-electron chi connectivity index (χ2n) is 6.66. The van der Waals surface area contributed by atoms with Crippen molar-refractivity contribution in [1.82, 2.24) is 9.78 Å². The summed E-state index contributed by atoms with van der Waals surface area (Å²) in [7, 11) is 0. The van der Waals surface area contributed by atoms with Gasteiger partial charge in [0.1, 0.15) is 0 Å². The van der Waals surface area contributed by atoms with Gasteiger partial charge in [0, 0.05) is 33.8 Å². The SMILES string of the molecule is Cc1ccc(Sc2cc(NC(=O)C(C)Cn3cc(Br)cn3)cc([N+](=O)[O-])c2)cc1. The van der Waals surface area contributed by atoms with Crippen LogP contribution in [0, 0.1) is 23.0 Å². The van der Waals surface area contributed by atoms with Crippen molar-refractivity contribution in [2.24, 2.45) is 5.92 Å². The number of nitro benzene ring substituents is 1. The van der Waals surface area contributed by atoms with E-state index < -0.39 is 4.92 Å². The number of non-ortho nitro benzene ring substituents is 1. The van der Waals surface area contributed by atoms with Gasteiger partial charge in [-0.3, -0.25) is 19.6 Å². The second kappa shape index (κ2) is 9.23. The van der Waals surface area contributed by atoms with E-state index in [9.17, 15) is 14.9 Å². The number of rotatable bonds is 7. The first-order valence-corrected chi connectivity index (χ1v) is 10.4. The third kappa shape index (κ3) is 5.91. The number of aromatic nitrogens is 2. The van der Waals surface area contributed by atoms with Crippen molar-refractivity contribution < 1.29 is 9.72 Å². The molecular formula is C20H19BrN4O3S. The van der Waals surface area contributed by atoms with Crippen LogP contribution in [-0.2, 0) is 11.3 Å². The lowest BCUT2D eigenvalue weighted by Crippen LogP contribution is -2.24. The second-order valence-corrected chi connectivity index (χ2v) is 8.72. The highest BCUT2D eigenvalue weighted by Crippen LogP contribution is 2.33. The number of hydrogen-bond donors (Lipinski definition) is 1. The van der Waals surface area contributed by atoms with Gasteiger partial charge in [-0.25, -0.2) is 0 Å². The monoisotopic (exact) mass is 474 g/mol. The van der Waals surface area contributed by atoms with Crippen LogP contribution in [0.25, 0.3) is 0 Å². The topological polar surface area (TPSA) is 90.1 Å². The predicted molar refractivity (Wildman–Crippen MR) is 116 cm³/mol. The molecular weight excluding hydrogens is 456 g/mol. The molecule has 1 N–H and O–H groups in total. The first-order chi connectivity index (χ1) is 13.8. The molecule has 1 heterocycles. The summed E-state index contributed by atoms with van der Waals surface area (Å²) in [5.74, 6) is -0.599. The van der Waals surface area contributed by atoms with Crippen LogP contribution in [0.3, 0.4) is 0 Å². The van der Waals surface area contributed by atoms with Crippen LogP contribution in [0.15, 0.2) is 69.1 Å². The molecule has 0 fully saturated rings. The van der Waals surface area contributed by atoms with Crippen molar-refractivity contribution in [2.45, 2.75) is 30.2 Å². The molecule has 0 saturated carbocycles. The van der Waals surface area contributed by atoms with Crippen LogP contribution in [0.1, 0.15) is 12.5 Å². The van der Waals surface area contributed by atoms with Crippen LogP contribution < -0.4 is 5.32 Å². The molecule has 7 nitrogen and oxygen atoms in total. The molecule has 1 atom stereocenters. The fourth-order valence-electron chi connectivity index (χ4n) is 2.63. The number of halogens is 1. The number of hydrogen-bond acceptors (Lipinski definition) is 5. The number of aryl methyl sites for hydroxylation is 1. The minimum Gasteiger partial charge on any atom is -0.326 e. The Balaban J connectivity index is 1.76. The standard InChI is InChI=1S/C20H19BrN4O3S/c1-13-3-5-18(6-4-13)29-19-8-16(7-17(9-19)25(27)28)23-20(26)14(2)11-24-12-15(21)10-22-24/h3-10,12,14H,11H2,1-2H3,(H,23,26). The Kier molecular flexibility index (Phi) is 6.71. The lowest BCUT2D eigenvalue weighted by molar-refractivity contribution is -0.385. The molecule has 1 amide bonds. The quantitative estimate of drug-likeness (QED) is 0.371. The highest BCUT2D eigenvalue weighted by molar-refractivity contribution is 9.10. The van der Waals surface area contributed by atoms with Gasteiger partial charge in [-0.1, -0.05) is 36.4 Å². The summed E-state index contributed by atoms with van der Waals surface area (Å²) in [5.41, 5.74) is 1.47. The van der Waals surface area contributed by atoms with Crippen molar-refractivity contribution in [1.29, 1.82) is 0 Å². The lowest BCUT2D eigenvalue weighted by atomic mass is 10.1. The normalized spacial score (nSPS) is 11.8. The van der Waals surface area contributed by atoms with E-state index in [1.54, 1.807) is 30.1 Å². The summed E-state index contributed by atoms with van der Waals surface area (Å²) >= 11 is 4.73. The largest absolute Gasteiger partial charge is 0.326 e. The molecule has 1 unspecified atom stereocenters. The first-order valence-electron chi connectivity index (χ1n) is 8.83. The molecule has 3 rings (SSSR count). The number of nitrogens with zero attached hydrogens (tertiary/aromatic N) is 3. The maximum absolute atomic E-state index is 12.6. The smallest absolute Gasteiger partial charge is 0.272 e. The molecule has 0 aliphatic heterocycles. The molecule has 29 heavy (non-hydrogen) atoms. The van der Waals surface area contributed by atoms with E-state index in [4.69, 9.17) is 0 Å². The van der Waals surface area contributed by atoms with E-state index >= 15 is 0 Å². The number of benzene rings is 2. The lowest BCUT2D eigenvalue weighted by Gasteiger charge is -2.13. The Morgan fingerprint density at radius 2 is 2.00 bits per heavy atom. The van der Waals surface area contributed by atoms with Crippen molar-refractivity contribution in [3.05, 3.63) is 75.0 Å². The molecule has 0 aliphatic rings. The third-order valence-corrected chi connectivity index (χ3v) is 5.53. The molecule has 3 aromatic rings. The highest BCUT2D eigenvalue weighted by Gasteiger charge is 2.17. The van der Waals surface area contributed by atoms with E-state index in [2.05, 4.69) is 26.3 Å². The van der Waals surface area contributed by atoms with Crippen LogP contribution >= 0.6 is 27.7 Å². The average Bonchev–Trinajstić information content (AvgIpc) is 3.08. The summed E-state index contributed by atoms with van der Waals surface area (Å²) in [6.45, 7) is 4.18. The molecule has 0 saturated heterocycles. The zero-order valence-electron chi connectivity index (χ0n) is 15.8. The van der Waals surface area contributed by atoms with Gasteiger partial charge in [0.15, 0.2) is 0 Å². The highest BCUT2D eigenvalue weighted by atomic mass is 79.9. The van der Waals surface area contributed by atoms with Gasteiger partial charge in [0.2, 0.25) is 5.91 Å². The summed E-state index contributed by atoms with van der Waals surface area (Å²) in [4.78, 5) is 25.1. The zero-order valence-corrected chi connectivity index (χ0v) is 18.2. The fraction of sp³-hybridized carbons (Fsp3) is 0.200. The van der Waals surface area contributed by atoms with Gasteiger partial charge >= 0.3 is 0 Å². The van der Waals surface area contributed by atoms with Crippen molar-refractivity contribution >= 4 is 45.0 Å². The van der Waals surface area contributed by atoms with Crippen LogP contribution in [0.4, 0.5) is 11.4 Å². The van der Waals surface area contributed by atoms with Gasteiger partial charge in [-0.15, -0.1) is 0 Å². The predicted octanol–water partition coefficient (Wildman–Crippen LogP) is 5.29. The molecule has 0 radical (unpaired) electrons. The summed E-state index contributed by atoms with van der Waals surface area (Å²) in [6, 6.07) is 12.5. The number of anilines is 1. The van der Waals surface area contributed by atoms with E-state index in [1.807, 2.05) is 31.2 Å². The molecule has 2 aromatic carbocycles. The summed E-state index contributed by atoms with van der Waals surface area (Å²) in [5, 5.41) is 18.3. The number of nitro groups is 1. The molecule has 150 valence electrons. The number of nitrogens with one attached hydrogen (secondary N) is 1. The maximum atomic E-state index is 12.6. The number of carbonyl (C=O) groups excluding carboxylic acids is 1. The van der Waals surface area contributed by atoms with E-state index in [-0.39, 0.29) is 17.5 Å². The minimum absolute atomic E-state index is 0.0685. The van der Waals surface area contributed by atoms with E-state index in [0.717, 1.165) is 14.9 Å². The van der Waals surface area contributed by atoms with Gasteiger partial charge in [0.05, 0.1) is 28.1 Å². The molecule has 0 spiro atoms. The molecule has 9 heteroatoms. The fourth-order valence-corrected chi connectivity index (χ4v) is 3.87. The molecule has 1 aromatic heterocycles. The average molecular weight is 475 g/mol. The number of amides is 1. The van der Waals surface area contributed by atoms with Crippen LogP contribution in [-0.4, -0.2) is 20.6 Å². The Labute approximate surface area is 180 Å². The summed E-state index contributed by atoms with van der Waals surface area (Å²) < 4.78 is 2.50. The molecule has 0 bridgehead atoms. The summed E-state index contributed by atoms with van der Waals surface area (Å²) in [6.07, 6.45) is 3.44. The number of carbonyl (C=O) groups is 1. The van der Waals surface area contributed by atoms with Crippen LogP contribution in [0.5, 0.6) is 0 Å². The van der Waals surface area contributed by atoms with E-state index in [1.165, 1.54) is 23.9 Å². The van der Waals surface area contributed by atoms with E-state index in [0.29, 0.717) is 17.1 Å². The van der Waals surface area contributed by atoms with Gasteiger partial charge in [0.25, 0.3) is 5.69 Å². The Hall–Kier alpha value is -2.65. The van der Waals surface area contributed by atoms with Crippen molar-refractivity contribution in [3.63, 3.8) is 0 Å². The Bertz CT molecular complexity index is 1040. The van der Waals surface area contributed by atoms with Gasteiger partial charge < -0.3 is 5.32 Å². The van der Waals surface area contributed by atoms with Crippen molar-refractivity contribution in [2.75, 3.05) is 5.32 Å². The molecule has 0 aliphatic carbocycles. The van der Waals surface area contributed by atoms with Crippen LogP contribution in [0.2, 0.25) is 0 Å².